The average Bonchev–Trinajstić information content (AvgIpc) is 2.63. The molecule has 0 unspecified atom stereocenters. The molecule has 2 N–H and O–H groups in total. The van der Waals surface area contributed by atoms with E-state index in [-0.39, 0.29) is 17.4 Å². The maximum absolute atomic E-state index is 12.5. The van der Waals surface area contributed by atoms with Crippen LogP contribution >= 0.6 is 0 Å². The van der Waals surface area contributed by atoms with Crippen LogP contribution in [0, 0.1) is 0 Å². The molecule has 1 amide bonds. The average molecular weight is 339 g/mol. The summed E-state index contributed by atoms with van der Waals surface area (Å²) in [5.41, 5.74) is 8.68. The van der Waals surface area contributed by atoms with Crippen molar-refractivity contribution < 1.29 is 4.79 Å². The SMILES string of the molecule is CC(C)c1ccc(CN2CCN(C(=O)c3nccnc3N)CC2)cc1. The summed E-state index contributed by atoms with van der Waals surface area (Å²) in [7, 11) is 0. The van der Waals surface area contributed by atoms with Crippen LogP contribution in [-0.2, 0) is 6.54 Å². The number of hydrogen-bond acceptors (Lipinski definition) is 5. The van der Waals surface area contributed by atoms with Crippen molar-refractivity contribution in [2.75, 3.05) is 31.9 Å². The molecule has 1 aromatic heterocycles. The van der Waals surface area contributed by atoms with E-state index in [2.05, 4.69) is 53.0 Å². The molecule has 25 heavy (non-hydrogen) atoms. The second kappa shape index (κ2) is 7.61. The third kappa shape index (κ3) is 4.14. The lowest BCUT2D eigenvalue weighted by molar-refractivity contribution is 0.0623. The molecule has 0 spiro atoms. The lowest BCUT2D eigenvalue weighted by Crippen LogP contribution is -2.48. The summed E-state index contributed by atoms with van der Waals surface area (Å²) in [6, 6.07) is 8.81. The molecule has 0 aliphatic carbocycles. The standard InChI is InChI=1S/C19H25N5O/c1-14(2)16-5-3-15(4-6-16)13-23-9-11-24(12-10-23)19(25)17-18(20)22-8-7-21-17/h3-8,14H,9-13H2,1-2H3,(H2,20,22). The van der Waals surface area contributed by atoms with Gasteiger partial charge in [-0.05, 0) is 17.0 Å². The summed E-state index contributed by atoms with van der Waals surface area (Å²) < 4.78 is 0. The molecule has 3 rings (SSSR count). The highest BCUT2D eigenvalue weighted by molar-refractivity contribution is 5.96. The molecule has 6 heteroatoms. The first-order valence-corrected chi connectivity index (χ1v) is 8.71. The predicted molar refractivity (Wildman–Crippen MR) is 98.2 cm³/mol. The molecule has 6 nitrogen and oxygen atoms in total. The number of hydrogen-bond donors (Lipinski definition) is 1. The normalized spacial score (nSPS) is 15.6. The molecule has 0 saturated carbocycles. The maximum Gasteiger partial charge on any atom is 0.276 e. The fraction of sp³-hybridized carbons (Fsp3) is 0.421. The molecule has 0 bridgehead atoms. The fourth-order valence-corrected chi connectivity index (χ4v) is 3.04. The minimum Gasteiger partial charge on any atom is -0.382 e. The third-order valence-corrected chi connectivity index (χ3v) is 4.64. The van der Waals surface area contributed by atoms with Gasteiger partial charge in [-0.3, -0.25) is 9.69 Å². The van der Waals surface area contributed by atoms with Crippen LogP contribution in [0.15, 0.2) is 36.7 Å². The molecule has 1 fully saturated rings. The van der Waals surface area contributed by atoms with Gasteiger partial charge in [0.1, 0.15) is 0 Å². The zero-order valence-corrected chi connectivity index (χ0v) is 14.9. The van der Waals surface area contributed by atoms with E-state index in [1.807, 2.05) is 0 Å². The minimum absolute atomic E-state index is 0.133. The largest absolute Gasteiger partial charge is 0.382 e. The smallest absolute Gasteiger partial charge is 0.276 e. The van der Waals surface area contributed by atoms with Gasteiger partial charge in [-0.25, -0.2) is 9.97 Å². The number of nitrogens with zero attached hydrogens (tertiary/aromatic N) is 4. The van der Waals surface area contributed by atoms with Crippen molar-refractivity contribution >= 4 is 11.7 Å². The number of nitrogen functional groups attached to an aromatic ring is 1. The molecular formula is C19H25N5O. The van der Waals surface area contributed by atoms with Crippen molar-refractivity contribution in [3.05, 3.63) is 53.5 Å². The monoisotopic (exact) mass is 339 g/mol. The molecule has 0 radical (unpaired) electrons. The Labute approximate surface area is 148 Å². The topological polar surface area (TPSA) is 75.3 Å². The minimum atomic E-state index is -0.133. The van der Waals surface area contributed by atoms with Gasteiger partial charge < -0.3 is 10.6 Å². The van der Waals surface area contributed by atoms with Crippen molar-refractivity contribution in [1.82, 2.24) is 19.8 Å². The van der Waals surface area contributed by atoms with Crippen molar-refractivity contribution in [1.29, 1.82) is 0 Å². The van der Waals surface area contributed by atoms with E-state index in [1.54, 1.807) is 4.90 Å². The molecule has 1 aromatic carbocycles. The Kier molecular flexibility index (Phi) is 5.28. The van der Waals surface area contributed by atoms with Crippen LogP contribution in [0.1, 0.15) is 41.4 Å². The Hall–Kier alpha value is -2.47. The van der Waals surface area contributed by atoms with Crippen LogP contribution in [0.3, 0.4) is 0 Å². The summed E-state index contributed by atoms with van der Waals surface area (Å²) in [6.07, 6.45) is 3.00. The number of anilines is 1. The number of nitrogens with two attached hydrogens (primary N) is 1. The van der Waals surface area contributed by atoms with Gasteiger partial charge in [0.15, 0.2) is 11.5 Å². The van der Waals surface area contributed by atoms with Crippen LogP contribution in [0.5, 0.6) is 0 Å². The lowest BCUT2D eigenvalue weighted by Gasteiger charge is -2.34. The Bertz CT molecular complexity index is 721. The van der Waals surface area contributed by atoms with Gasteiger partial charge in [0.2, 0.25) is 0 Å². The van der Waals surface area contributed by atoms with Gasteiger partial charge in [-0.15, -0.1) is 0 Å². The molecular weight excluding hydrogens is 314 g/mol. The number of amides is 1. The van der Waals surface area contributed by atoms with Crippen molar-refractivity contribution in [3.8, 4) is 0 Å². The van der Waals surface area contributed by atoms with Gasteiger partial charge in [-0.1, -0.05) is 38.1 Å². The van der Waals surface area contributed by atoms with Gasteiger partial charge in [0, 0.05) is 45.1 Å². The van der Waals surface area contributed by atoms with E-state index in [0.717, 1.165) is 19.6 Å². The van der Waals surface area contributed by atoms with Crippen LogP contribution in [0.2, 0.25) is 0 Å². The Morgan fingerprint density at radius 2 is 1.72 bits per heavy atom. The Morgan fingerprint density at radius 3 is 2.32 bits per heavy atom. The zero-order valence-electron chi connectivity index (χ0n) is 14.9. The lowest BCUT2D eigenvalue weighted by atomic mass is 10.0. The molecule has 1 aliphatic rings. The number of benzene rings is 1. The Morgan fingerprint density at radius 1 is 1.08 bits per heavy atom. The second-order valence-corrected chi connectivity index (χ2v) is 6.75. The first-order valence-electron chi connectivity index (χ1n) is 8.71. The van der Waals surface area contributed by atoms with Gasteiger partial charge in [-0.2, -0.15) is 0 Å². The number of piperazine rings is 1. The van der Waals surface area contributed by atoms with E-state index in [1.165, 1.54) is 23.5 Å². The van der Waals surface area contributed by atoms with Crippen molar-refractivity contribution in [2.24, 2.45) is 0 Å². The highest BCUT2D eigenvalue weighted by atomic mass is 16.2. The summed E-state index contributed by atoms with van der Waals surface area (Å²) in [6.45, 7) is 8.37. The molecule has 2 aromatic rings. The quantitative estimate of drug-likeness (QED) is 0.924. The van der Waals surface area contributed by atoms with E-state index < -0.39 is 0 Å². The van der Waals surface area contributed by atoms with Crippen molar-refractivity contribution in [2.45, 2.75) is 26.3 Å². The predicted octanol–water partition coefficient (Wildman–Crippen LogP) is 2.14. The van der Waals surface area contributed by atoms with Crippen LogP contribution in [0.25, 0.3) is 0 Å². The van der Waals surface area contributed by atoms with Gasteiger partial charge in [0.25, 0.3) is 5.91 Å². The van der Waals surface area contributed by atoms with Crippen LogP contribution in [-0.4, -0.2) is 51.9 Å². The summed E-state index contributed by atoms with van der Waals surface area (Å²) >= 11 is 0. The highest BCUT2D eigenvalue weighted by Gasteiger charge is 2.24. The number of carbonyl (C=O) groups is 1. The maximum atomic E-state index is 12.5. The molecule has 1 saturated heterocycles. The van der Waals surface area contributed by atoms with Gasteiger partial charge >= 0.3 is 0 Å². The highest BCUT2D eigenvalue weighted by Crippen LogP contribution is 2.17. The summed E-state index contributed by atoms with van der Waals surface area (Å²) in [5, 5.41) is 0. The molecule has 2 heterocycles. The summed E-state index contributed by atoms with van der Waals surface area (Å²) in [4.78, 5) is 24.7. The molecule has 132 valence electrons. The number of aromatic nitrogens is 2. The second-order valence-electron chi connectivity index (χ2n) is 6.75. The van der Waals surface area contributed by atoms with Crippen LogP contribution in [0.4, 0.5) is 5.82 Å². The first-order chi connectivity index (χ1) is 12.0. The number of carbonyl (C=O) groups excluding carboxylic acids is 1. The first kappa shape index (κ1) is 17.4. The van der Waals surface area contributed by atoms with Gasteiger partial charge in [0.05, 0.1) is 0 Å². The van der Waals surface area contributed by atoms with E-state index in [0.29, 0.717) is 19.0 Å². The summed E-state index contributed by atoms with van der Waals surface area (Å²) in [5.74, 6) is 0.615. The zero-order chi connectivity index (χ0) is 17.8. The third-order valence-electron chi connectivity index (χ3n) is 4.64. The van der Waals surface area contributed by atoms with Crippen LogP contribution < -0.4 is 5.73 Å². The molecule has 1 aliphatic heterocycles. The van der Waals surface area contributed by atoms with E-state index in [4.69, 9.17) is 5.73 Å². The van der Waals surface area contributed by atoms with E-state index in [9.17, 15) is 4.79 Å². The van der Waals surface area contributed by atoms with E-state index >= 15 is 0 Å². The van der Waals surface area contributed by atoms with Crippen molar-refractivity contribution in [3.63, 3.8) is 0 Å². The Balaban J connectivity index is 1.55. The fourth-order valence-electron chi connectivity index (χ4n) is 3.04. The molecule has 0 atom stereocenters. The number of rotatable bonds is 4.